The SMILES string of the molecule is CCCCC(=O)CCC(=O)NC(C(=O)O)C1(O)CCN(C(=O)NCCCc2ccc3c(n2)NCCC3)CC1. The molecule has 1 saturated heterocycles. The van der Waals surface area contributed by atoms with Gasteiger partial charge in [-0.25, -0.2) is 14.6 Å². The zero-order valence-electron chi connectivity index (χ0n) is 22.3. The van der Waals surface area contributed by atoms with E-state index in [1.54, 1.807) is 4.90 Å². The quantitative estimate of drug-likeness (QED) is 0.242. The summed E-state index contributed by atoms with van der Waals surface area (Å²) in [5.41, 5.74) is 0.527. The van der Waals surface area contributed by atoms with Gasteiger partial charge in [-0.3, -0.25) is 9.59 Å². The van der Waals surface area contributed by atoms with Crippen molar-refractivity contribution in [1.82, 2.24) is 20.5 Å². The molecule has 1 unspecified atom stereocenters. The van der Waals surface area contributed by atoms with Gasteiger partial charge >= 0.3 is 12.0 Å². The Labute approximate surface area is 223 Å². The Hall–Kier alpha value is -3.21. The van der Waals surface area contributed by atoms with Crippen molar-refractivity contribution < 1.29 is 29.4 Å². The van der Waals surface area contributed by atoms with Crippen molar-refractivity contribution in [2.45, 2.75) is 89.2 Å². The summed E-state index contributed by atoms with van der Waals surface area (Å²) in [5, 5.41) is 29.3. The molecule has 3 rings (SSSR count). The van der Waals surface area contributed by atoms with Crippen LogP contribution < -0.4 is 16.0 Å². The van der Waals surface area contributed by atoms with E-state index >= 15 is 0 Å². The predicted molar refractivity (Wildman–Crippen MR) is 142 cm³/mol. The van der Waals surface area contributed by atoms with Gasteiger partial charge in [0.25, 0.3) is 0 Å². The molecule has 0 spiro atoms. The number of likely N-dealkylation sites (tertiary alicyclic amines) is 1. The third-order valence-electron chi connectivity index (χ3n) is 7.28. The second-order valence-electron chi connectivity index (χ2n) is 10.2. The fourth-order valence-electron chi connectivity index (χ4n) is 4.88. The molecule has 2 aliphatic rings. The third-order valence-corrected chi connectivity index (χ3v) is 7.28. The van der Waals surface area contributed by atoms with Crippen molar-refractivity contribution >= 4 is 29.5 Å². The Balaban J connectivity index is 1.40. The average molecular weight is 532 g/mol. The van der Waals surface area contributed by atoms with Crippen molar-refractivity contribution in [3.8, 4) is 0 Å². The van der Waals surface area contributed by atoms with Crippen LogP contribution in [0.5, 0.6) is 0 Å². The number of fused-ring (bicyclic) bond motifs is 1. The highest BCUT2D eigenvalue weighted by molar-refractivity contribution is 5.88. The second-order valence-corrected chi connectivity index (χ2v) is 10.2. The zero-order valence-corrected chi connectivity index (χ0v) is 22.3. The number of carbonyl (C=O) groups is 4. The van der Waals surface area contributed by atoms with Gasteiger partial charge in [-0.2, -0.15) is 0 Å². The number of aliphatic carboxylic acids is 1. The van der Waals surface area contributed by atoms with E-state index in [2.05, 4.69) is 27.0 Å². The maximum atomic E-state index is 12.6. The van der Waals surface area contributed by atoms with E-state index in [1.165, 1.54) is 5.56 Å². The van der Waals surface area contributed by atoms with Gasteiger partial charge in [-0.1, -0.05) is 19.4 Å². The highest BCUT2D eigenvalue weighted by Gasteiger charge is 2.45. The lowest BCUT2D eigenvalue weighted by atomic mass is 9.84. The number of carbonyl (C=O) groups excluding carboxylic acids is 3. The highest BCUT2D eigenvalue weighted by Crippen LogP contribution is 2.26. The maximum Gasteiger partial charge on any atom is 0.329 e. The smallest absolute Gasteiger partial charge is 0.329 e. The fourth-order valence-corrected chi connectivity index (χ4v) is 4.88. The van der Waals surface area contributed by atoms with Gasteiger partial charge < -0.3 is 31.1 Å². The van der Waals surface area contributed by atoms with Crippen molar-refractivity contribution in [2.75, 3.05) is 31.5 Å². The molecule has 1 aromatic heterocycles. The van der Waals surface area contributed by atoms with Gasteiger partial charge in [0.05, 0.1) is 5.60 Å². The first-order chi connectivity index (χ1) is 18.2. The molecule has 3 amide bonds. The Morgan fingerprint density at radius 2 is 1.89 bits per heavy atom. The van der Waals surface area contributed by atoms with Gasteiger partial charge in [-0.05, 0) is 56.6 Å². The van der Waals surface area contributed by atoms with Crippen molar-refractivity contribution in [3.05, 3.63) is 23.4 Å². The Morgan fingerprint density at radius 1 is 1.13 bits per heavy atom. The Kier molecular flexibility index (Phi) is 10.9. The maximum absolute atomic E-state index is 12.6. The molecule has 2 aliphatic heterocycles. The van der Waals surface area contributed by atoms with Gasteiger partial charge in [-0.15, -0.1) is 0 Å². The summed E-state index contributed by atoms with van der Waals surface area (Å²) in [6, 6.07) is 2.36. The zero-order chi connectivity index (χ0) is 27.5. The highest BCUT2D eigenvalue weighted by atomic mass is 16.4. The van der Waals surface area contributed by atoms with Crippen LogP contribution in [0.15, 0.2) is 12.1 Å². The number of ketones is 1. The number of piperidine rings is 1. The van der Waals surface area contributed by atoms with Crippen LogP contribution in [-0.4, -0.2) is 81.6 Å². The first-order valence-electron chi connectivity index (χ1n) is 13.7. The third kappa shape index (κ3) is 8.41. The van der Waals surface area contributed by atoms with Crippen LogP contribution in [0.4, 0.5) is 10.6 Å². The number of pyridine rings is 1. The monoisotopic (exact) mass is 531 g/mol. The van der Waals surface area contributed by atoms with Crippen LogP contribution in [0.25, 0.3) is 0 Å². The minimum Gasteiger partial charge on any atom is -0.480 e. The number of amides is 3. The molecular weight excluding hydrogens is 490 g/mol. The molecule has 0 saturated carbocycles. The van der Waals surface area contributed by atoms with Crippen molar-refractivity contribution in [1.29, 1.82) is 0 Å². The standard InChI is InChI=1S/C27H41N5O6/c1-2-3-8-21(33)11-12-22(34)31-23(25(35)36)27(38)13-17-32(18-14-27)26(37)29-16-5-7-20-10-9-19-6-4-15-28-24(19)30-20/h9-10,23,38H,2-8,11-18H2,1H3,(H,28,30)(H,29,37)(H,31,34)(H,35,36). The molecule has 38 heavy (non-hydrogen) atoms. The Bertz CT molecular complexity index is 992. The molecule has 5 N–H and O–H groups in total. The first kappa shape index (κ1) is 29.3. The van der Waals surface area contributed by atoms with Gasteiger partial charge in [0.2, 0.25) is 5.91 Å². The molecule has 1 atom stereocenters. The molecule has 0 aromatic carbocycles. The number of hydrogen-bond acceptors (Lipinski definition) is 7. The minimum absolute atomic E-state index is 0.0130. The second kappa shape index (κ2) is 14.1. The molecule has 1 aromatic rings. The number of aliphatic hydroxyl groups is 1. The van der Waals surface area contributed by atoms with Crippen LogP contribution in [0.2, 0.25) is 0 Å². The number of urea groups is 1. The summed E-state index contributed by atoms with van der Waals surface area (Å²) >= 11 is 0. The van der Waals surface area contributed by atoms with Crippen LogP contribution in [-0.2, 0) is 27.2 Å². The normalized spacial score (nSPS) is 17.1. The minimum atomic E-state index is -1.68. The number of nitrogens with zero attached hydrogens (tertiary/aromatic N) is 2. The van der Waals surface area contributed by atoms with Crippen LogP contribution in [0.3, 0.4) is 0 Å². The molecule has 11 nitrogen and oxygen atoms in total. The topological polar surface area (TPSA) is 161 Å². The number of anilines is 1. The summed E-state index contributed by atoms with van der Waals surface area (Å²) < 4.78 is 0. The van der Waals surface area contributed by atoms with Crippen LogP contribution >= 0.6 is 0 Å². The van der Waals surface area contributed by atoms with Crippen LogP contribution in [0, 0.1) is 0 Å². The number of carboxylic acids is 1. The molecule has 0 bridgehead atoms. The van der Waals surface area contributed by atoms with E-state index in [9.17, 15) is 29.4 Å². The number of unbranched alkanes of at least 4 members (excludes halogenated alkanes) is 1. The molecule has 11 heteroatoms. The van der Waals surface area contributed by atoms with Gasteiger partial charge in [0.15, 0.2) is 6.04 Å². The van der Waals surface area contributed by atoms with E-state index < -0.39 is 23.5 Å². The lowest BCUT2D eigenvalue weighted by Gasteiger charge is -2.41. The summed E-state index contributed by atoms with van der Waals surface area (Å²) in [5.74, 6) is -1.01. The average Bonchev–Trinajstić information content (AvgIpc) is 2.91. The summed E-state index contributed by atoms with van der Waals surface area (Å²) in [7, 11) is 0. The number of Topliss-reactive ketones (excluding diaryl/α,β-unsaturated/α-hetero) is 1. The summed E-state index contributed by atoms with van der Waals surface area (Å²) in [6.07, 6.45) is 5.60. The fraction of sp³-hybridized carbons (Fsp3) is 0.667. The molecule has 1 fully saturated rings. The van der Waals surface area contributed by atoms with E-state index in [0.717, 1.165) is 56.6 Å². The number of aromatic nitrogens is 1. The lowest BCUT2D eigenvalue weighted by molar-refractivity contribution is -0.152. The molecular formula is C27H41N5O6. The summed E-state index contributed by atoms with van der Waals surface area (Å²) in [4.78, 5) is 54.8. The van der Waals surface area contributed by atoms with Crippen LogP contribution in [0.1, 0.15) is 76.0 Å². The number of nitrogens with one attached hydrogen (secondary N) is 3. The molecule has 0 aliphatic carbocycles. The van der Waals surface area contributed by atoms with E-state index in [1.807, 2.05) is 13.0 Å². The number of carboxylic acid groups (broad SMARTS) is 1. The van der Waals surface area contributed by atoms with Gasteiger partial charge in [0, 0.05) is 51.1 Å². The first-order valence-corrected chi connectivity index (χ1v) is 13.7. The van der Waals surface area contributed by atoms with E-state index in [-0.39, 0.29) is 50.6 Å². The molecule has 3 heterocycles. The van der Waals surface area contributed by atoms with Gasteiger partial charge in [0.1, 0.15) is 11.6 Å². The number of aryl methyl sites for hydroxylation is 2. The number of hydrogen-bond donors (Lipinski definition) is 5. The van der Waals surface area contributed by atoms with Crippen molar-refractivity contribution in [3.63, 3.8) is 0 Å². The van der Waals surface area contributed by atoms with E-state index in [4.69, 9.17) is 0 Å². The number of rotatable bonds is 13. The predicted octanol–water partition coefficient (Wildman–Crippen LogP) is 2.02. The summed E-state index contributed by atoms with van der Waals surface area (Å²) in [6.45, 7) is 3.70. The Morgan fingerprint density at radius 3 is 2.61 bits per heavy atom. The lowest BCUT2D eigenvalue weighted by Crippen LogP contribution is -2.62. The van der Waals surface area contributed by atoms with E-state index in [0.29, 0.717) is 13.0 Å². The van der Waals surface area contributed by atoms with Crippen molar-refractivity contribution in [2.24, 2.45) is 0 Å². The molecule has 210 valence electrons. The molecule has 0 radical (unpaired) electrons. The largest absolute Gasteiger partial charge is 0.480 e.